The Morgan fingerprint density at radius 2 is 2.04 bits per heavy atom. The molecule has 6 nitrogen and oxygen atoms in total. The average Bonchev–Trinajstić information content (AvgIpc) is 2.59. The van der Waals surface area contributed by atoms with Gasteiger partial charge in [0.05, 0.1) is 12.7 Å². The van der Waals surface area contributed by atoms with Crippen molar-refractivity contribution in [1.29, 1.82) is 0 Å². The molecule has 7 heteroatoms. The molecular formula is C18H20N4O2S. The zero-order valence-corrected chi connectivity index (χ0v) is 15.1. The van der Waals surface area contributed by atoms with Gasteiger partial charge in [0.2, 0.25) is 0 Å². The van der Waals surface area contributed by atoms with Crippen molar-refractivity contribution in [3.8, 4) is 0 Å². The van der Waals surface area contributed by atoms with Crippen LogP contribution in [0.2, 0.25) is 0 Å². The van der Waals surface area contributed by atoms with E-state index in [1.54, 1.807) is 0 Å². The molecule has 3 rings (SSSR count). The minimum Gasteiger partial charge on any atom is -0.466 e. The Morgan fingerprint density at radius 1 is 1.36 bits per heavy atom. The molecule has 25 heavy (non-hydrogen) atoms. The number of H-pyrrole nitrogens is 1. The van der Waals surface area contributed by atoms with Crippen molar-refractivity contribution in [3.05, 3.63) is 57.5 Å². The fourth-order valence-electron chi connectivity index (χ4n) is 3.37. The zero-order valence-electron chi connectivity index (χ0n) is 14.3. The maximum absolute atomic E-state index is 12.5. The van der Waals surface area contributed by atoms with Crippen LogP contribution in [0.3, 0.4) is 0 Å². The van der Waals surface area contributed by atoms with Crippen LogP contribution in [-0.2, 0) is 9.53 Å². The molecule has 1 aliphatic heterocycles. The summed E-state index contributed by atoms with van der Waals surface area (Å²) in [5.41, 5.74) is 9.29. The molecule has 0 bridgehead atoms. The lowest BCUT2D eigenvalue weighted by Crippen LogP contribution is -2.28. The van der Waals surface area contributed by atoms with Crippen molar-refractivity contribution in [2.24, 2.45) is 0 Å². The molecular weight excluding hydrogens is 336 g/mol. The van der Waals surface area contributed by atoms with Crippen LogP contribution in [0.25, 0.3) is 0 Å². The molecule has 0 aliphatic carbocycles. The van der Waals surface area contributed by atoms with E-state index < -0.39 is 0 Å². The number of methoxy groups -OCH3 is 1. The number of nitrogens with two attached hydrogens (primary N) is 1. The number of benzene rings is 1. The van der Waals surface area contributed by atoms with E-state index in [0.717, 1.165) is 11.1 Å². The minimum atomic E-state index is -0.384. The van der Waals surface area contributed by atoms with Gasteiger partial charge in [-0.25, -0.2) is 9.78 Å². The highest BCUT2D eigenvalue weighted by Gasteiger charge is 2.38. The Morgan fingerprint density at radius 3 is 2.68 bits per heavy atom. The van der Waals surface area contributed by atoms with Crippen molar-refractivity contribution in [2.75, 3.05) is 18.2 Å². The fraction of sp³-hybridized carbons (Fsp3) is 0.278. The van der Waals surface area contributed by atoms with Crippen LogP contribution in [-0.4, -0.2) is 23.0 Å². The van der Waals surface area contributed by atoms with Crippen LogP contribution in [0, 0.1) is 4.77 Å². The summed E-state index contributed by atoms with van der Waals surface area (Å²) in [6, 6.07) is 9.98. The summed E-state index contributed by atoms with van der Waals surface area (Å²) in [4.78, 5) is 19.7. The number of anilines is 2. The molecule has 2 unspecified atom stereocenters. The van der Waals surface area contributed by atoms with E-state index in [4.69, 9.17) is 22.7 Å². The first-order chi connectivity index (χ1) is 11.9. The lowest BCUT2D eigenvalue weighted by molar-refractivity contribution is -0.136. The standard InChI is InChI=1S/C18H20N4O2S/c1-9(11-7-5-4-6-8-11)12-13(17(23)24-3)10(2)20-16-14(12)15(19)21-18(25)22-16/h4-9,12H,1-3H3,(H4,19,20,21,22,25). The number of carbonyl (C=O) groups is 1. The van der Waals surface area contributed by atoms with Crippen molar-refractivity contribution in [3.63, 3.8) is 0 Å². The fourth-order valence-corrected chi connectivity index (χ4v) is 3.57. The number of carbonyl (C=O) groups excluding carboxylic acids is 1. The van der Waals surface area contributed by atoms with E-state index in [0.29, 0.717) is 27.7 Å². The first kappa shape index (κ1) is 17.2. The predicted octanol–water partition coefficient (Wildman–Crippen LogP) is 3.48. The third kappa shape index (κ3) is 3.02. The van der Waals surface area contributed by atoms with Crippen molar-refractivity contribution in [1.82, 2.24) is 9.97 Å². The van der Waals surface area contributed by atoms with Gasteiger partial charge in [-0.2, -0.15) is 0 Å². The minimum absolute atomic E-state index is 0.0143. The van der Waals surface area contributed by atoms with Gasteiger partial charge < -0.3 is 20.8 Å². The molecule has 0 radical (unpaired) electrons. The highest BCUT2D eigenvalue weighted by atomic mass is 32.1. The molecule has 0 amide bonds. The van der Waals surface area contributed by atoms with E-state index in [1.807, 2.05) is 37.3 Å². The normalized spacial score (nSPS) is 17.5. The van der Waals surface area contributed by atoms with E-state index >= 15 is 0 Å². The number of nitrogen functional groups attached to an aromatic ring is 1. The third-order valence-corrected chi connectivity index (χ3v) is 4.76. The molecule has 2 aromatic rings. The Balaban J connectivity index is 2.24. The van der Waals surface area contributed by atoms with E-state index in [1.165, 1.54) is 7.11 Å². The number of allylic oxidation sites excluding steroid dienone is 1. The van der Waals surface area contributed by atoms with Gasteiger partial charge in [0.1, 0.15) is 11.6 Å². The quantitative estimate of drug-likeness (QED) is 0.576. The summed E-state index contributed by atoms with van der Waals surface area (Å²) in [6.45, 7) is 3.89. The van der Waals surface area contributed by atoms with Gasteiger partial charge in [0.25, 0.3) is 0 Å². The highest BCUT2D eigenvalue weighted by molar-refractivity contribution is 7.71. The van der Waals surface area contributed by atoms with Crippen LogP contribution >= 0.6 is 12.2 Å². The summed E-state index contributed by atoms with van der Waals surface area (Å²) in [5, 5.41) is 3.14. The molecule has 1 aromatic carbocycles. The van der Waals surface area contributed by atoms with Crippen molar-refractivity contribution >= 4 is 29.8 Å². The van der Waals surface area contributed by atoms with Crippen LogP contribution in [0.15, 0.2) is 41.6 Å². The molecule has 1 aromatic heterocycles. The molecule has 0 fully saturated rings. The van der Waals surface area contributed by atoms with Crippen LogP contribution in [0.5, 0.6) is 0 Å². The summed E-state index contributed by atoms with van der Waals surface area (Å²) in [7, 11) is 1.38. The number of nitrogens with zero attached hydrogens (tertiary/aromatic N) is 1. The largest absolute Gasteiger partial charge is 0.466 e. The van der Waals surface area contributed by atoms with Gasteiger partial charge >= 0.3 is 5.97 Å². The van der Waals surface area contributed by atoms with E-state index in [9.17, 15) is 4.79 Å². The number of aromatic amines is 1. The number of nitrogens with one attached hydrogen (secondary N) is 2. The van der Waals surface area contributed by atoms with Crippen LogP contribution in [0.4, 0.5) is 11.6 Å². The Hall–Kier alpha value is -2.67. The number of ether oxygens (including phenoxy) is 1. The molecule has 1 aliphatic rings. The van der Waals surface area contributed by atoms with Crippen molar-refractivity contribution in [2.45, 2.75) is 25.7 Å². The monoisotopic (exact) mass is 356 g/mol. The lowest BCUT2D eigenvalue weighted by atomic mass is 9.76. The van der Waals surface area contributed by atoms with Gasteiger partial charge in [-0.1, -0.05) is 37.3 Å². The Labute approximate surface area is 151 Å². The average molecular weight is 356 g/mol. The Kier molecular flexibility index (Phi) is 4.59. The first-order valence-electron chi connectivity index (χ1n) is 7.94. The van der Waals surface area contributed by atoms with Gasteiger partial charge in [-0.05, 0) is 30.6 Å². The predicted molar refractivity (Wildman–Crippen MR) is 99.8 cm³/mol. The maximum atomic E-state index is 12.5. The number of hydrogen-bond donors (Lipinski definition) is 3. The number of aromatic nitrogens is 2. The Bertz CT molecular complexity index is 905. The van der Waals surface area contributed by atoms with Gasteiger partial charge in [0, 0.05) is 17.2 Å². The number of fused-ring (bicyclic) bond motifs is 1. The lowest BCUT2D eigenvalue weighted by Gasteiger charge is -2.33. The summed E-state index contributed by atoms with van der Waals surface area (Å²) < 4.78 is 5.32. The highest BCUT2D eigenvalue weighted by Crippen LogP contribution is 2.47. The number of esters is 1. The maximum Gasteiger partial charge on any atom is 0.336 e. The van der Waals surface area contributed by atoms with E-state index in [2.05, 4.69) is 22.2 Å². The SMILES string of the molecule is COC(=O)C1=C(C)Nc2nc(=S)[nH]c(N)c2C1C(C)c1ccccc1. The van der Waals surface area contributed by atoms with E-state index in [-0.39, 0.29) is 17.8 Å². The first-order valence-corrected chi connectivity index (χ1v) is 8.35. The molecule has 130 valence electrons. The van der Waals surface area contributed by atoms with Crippen molar-refractivity contribution < 1.29 is 9.53 Å². The molecule has 0 saturated carbocycles. The third-order valence-electron chi connectivity index (χ3n) is 4.56. The second-order valence-electron chi connectivity index (χ2n) is 6.05. The smallest absolute Gasteiger partial charge is 0.336 e. The van der Waals surface area contributed by atoms with Gasteiger partial charge in [-0.15, -0.1) is 0 Å². The second-order valence-corrected chi connectivity index (χ2v) is 6.44. The summed E-state index contributed by atoms with van der Waals surface area (Å²) >= 11 is 5.13. The van der Waals surface area contributed by atoms with Crippen LogP contribution < -0.4 is 11.1 Å². The molecule has 4 N–H and O–H groups in total. The number of rotatable bonds is 3. The zero-order chi connectivity index (χ0) is 18.1. The van der Waals surface area contributed by atoms with Gasteiger partial charge in [0.15, 0.2) is 4.77 Å². The molecule has 0 spiro atoms. The molecule has 0 saturated heterocycles. The second kappa shape index (κ2) is 6.68. The van der Waals surface area contributed by atoms with Gasteiger partial charge in [-0.3, -0.25) is 0 Å². The summed E-state index contributed by atoms with van der Waals surface area (Å²) in [6.07, 6.45) is 0. The summed E-state index contributed by atoms with van der Waals surface area (Å²) in [5.74, 6) is 0.290. The topological polar surface area (TPSA) is 93.0 Å². The molecule has 2 atom stereocenters. The number of hydrogen-bond acceptors (Lipinski definition) is 6. The van der Waals surface area contributed by atoms with Crippen LogP contribution in [0.1, 0.15) is 36.8 Å². The molecule has 2 heterocycles.